The van der Waals surface area contributed by atoms with Crippen LogP contribution in [0.15, 0.2) is 18.2 Å². The van der Waals surface area contributed by atoms with Crippen LogP contribution in [0.1, 0.15) is 37.9 Å². The van der Waals surface area contributed by atoms with E-state index in [9.17, 15) is 14.3 Å². The summed E-state index contributed by atoms with van der Waals surface area (Å²) in [6, 6.07) is 4.92. The first-order chi connectivity index (χ1) is 10.0. The molecule has 1 N–H and O–H groups in total. The van der Waals surface area contributed by atoms with Gasteiger partial charge in [0.05, 0.1) is 11.9 Å². The number of aryl methyl sites for hydroxylation is 1. The van der Waals surface area contributed by atoms with Crippen LogP contribution in [-0.4, -0.2) is 20.6 Å². The summed E-state index contributed by atoms with van der Waals surface area (Å²) >= 11 is 0. The maximum Gasteiger partial charge on any atom is 0.303 e. The number of fused-ring (bicyclic) bond motifs is 1. The number of carboxylic acids is 1. The van der Waals surface area contributed by atoms with Crippen LogP contribution in [-0.2, 0) is 18.3 Å². The maximum atomic E-state index is 13.8. The Kier molecular flexibility index (Phi) is 3.43. The molecule has 0 amide bonds. The molecule has 1 aliphatic carbocycles. The number of aliphatic carboxylic acids is 1. The van der Waals surface area contributed by atoms with Crippen LogP contribution in [0.2, 0.25) is 0 Å². The van der Waals surface area contributed by atoms with Gasteiger partial charge in [0.25, 0.3) is 0 Å². The van der Waals surface area contributed by atoms with E-state index in [2.05, 4.69) is 4.98 Å². The Morgan fingerprint density at radius 3 is 2.76 bits per heavy atom. The van der Waals surface area contributed by atoms with Gasteiger partial charge in [-0.2, -0.15) is 0 Å². The number of nitrogens with zero attached hydrogens (tertiary/aromatic N) is 2. The van der Waals surface area contributed by atoms with E-state index in [1.807, 2.05) is 17.7 Å². The Balaban J connectivity index is 1.98. The Morgan fingerprint density at radius 2 is 2.14 bits per heavy atom. The molecule has 5 heteroatoms. The summed E-state index contributed by atoms with van der Waals surface area (Å²) in [5, 5.41) is 9.18. The van der Waals surface area contributed by atoms with Gasteiger partial charge in [-0.3, -0.25) is 4.79 Å². The molecule has 0 atom stereocenters. The zero-order valence-electron chi connectivity index (χ0n) is 12.1. The molecule has 0 radical (unpaired) electrons. The van der Waals surface area contributed by atoms with Crippen LogP contribution in [0, 0.1) is 11.2 Å². The van der Waals surface area contributed by atoms with E-state index in [1.165, 1.54) is 6.07 Å². The van der Waals surface area contributed by atoms with Crippen molar-refractivity contribution in [3.63, 3.8) is 0 Å². The molecule has 0 unspecified atom stereocenters. The lowest BCUT2D eigenvalue weighted by Crippen LogP contribution is -2.25. The number of halogens is 1. The molecule has 0 saturated heterocycles. The van der Waals surface area contributed by atoms with Gasteiger partial charge in [-0.1, -0.05) is 18.9 Å². The first-order valence-corrected chi connectivity index (χ1v) is 7.32. The molecular formula is C16H19FN2O2. The molecule has 1 heterocycles. The van der Waals surface area contributed by atoms with Crippen molar-refractivity contribution in [1.29, 1.82) is 0 Å². The minimum atomic E-state index is -0.762. The third-order valence-corrected chi connectivity index (χ3v) is 4.68. The topological polar surface area (TPSA) is 55.1 Å². The van der Waals surface area contributed by atoms with Crippen molar-refractivity contribution in [2.24, 2.45) is 12.5 Å². The number of imidazole rings is 1. The fraction of sp³-hybridized carbons (Fsp3) is 0.500. The number of carbonyl (C=O) groups is 1. The molecule has 1 saturated carbocycles. The normalized spacial score (nSPS) is 17.4. The zero-order chi connectivity index (χ0) is 15.0. The molecule has 1 fully saturated rings. The molecule has 3 rings (SSSR count). The summed E-state index contributed by atoms with van der Waals surface area (Å²) in [4.78, 5) is 15.6. The maximum absolute atomic E-state index is 13.8. The van der Waals surface area contributed by atoms with E-state index < -0.39 is 5.97 Å². The van der Waals surface area contributed by atoms with Gasteiger partial charge in [0.15, 0.2) is 5.82 Å². The van der Waals surface area contributed by atoms with Crippen LogP contribution in [0.4, 0.5) is 4.39 Å². The molecule has 112 valence electrons. The van der Waals surface area contributed by atoms with Crippen molar-refractivity contribution in [3.05, 3.63) is 29.8 Å². The summed E-state index contributed by atoms with van der Waals surface area (Å²) in [5.41, 5.74) is 0.907. The zero-order valence-corrected chi connectivity index (χ0v) is 12.1. The van der Waals surface area contributed by atoms with Crippen LogP contribution in [0.25, 0.3) is 11.0 Å². The van der Waals surface area contributed by atoms with Crippen LogP contribution >= 0.6 is 0 Å². The highest BCUT2D eigenvalue weighted by molar-refractivity contribution is 5.76. The second-order valence-corrected chi connectivity index (χ2v) is 6.15. The molecule has 4 nitrogen and oxygen atoms in total. The van der Waals surface area contributed by atoms with Gasteiger partial charge in [0, 0.05) is 13.5 Å². The Hall–Kier alpha value is -1.91. The van der Waals surface area contributed by atoms with Crippen LogP contribution in [0.5, 0.6) is 0 Å². The Labute approximate surface area is 122 Å². The van der Waals surface area contributed by atoms with Crippen LogP contribution in [0.3, 0.4) is 0 Å². The predicted molar refractivity (Wildman–Crippen MR) is 77.5 cm³/mol. The van der Waals surface area contributed by atoms with Crippen molar-refractivity contribution in [3.8, 4) is 0 Å². The number of para-hydroxylation sites is 1. The van der Waals surface area contributed by atoms with Crippen molar-refractivity contribution >= 4 is 17.0 Å². The highest BCUT2D eigenvalue weighted by Gasteiger charge is 2.37. The van der Waals surface area contributed by atoms with Gasteiger partial charge in [0.2, 0.25) is 0 Å². The SMILES string of the molecule is Cn1c(CC2(CC(=O)O)CCCC2)nc2c(F)cccc21. The molecular weight excluding hydrogens is 271 g/mol. The quantitative estimate of drug-likeness (QED) is 0.940. The van der Waals surface area contributed by atoms with Crippen molar-refractivity contribution < 1.29 is 14.3 Å². The number of hydrogen-bond acceptors (Lipinski definition) is 2. The summed E-state index contributed by atoms with van der Waals surface area (Å²) in [6.45, 7) is 0. The Morgan fingerprint density at radius 1 is 1.43 bits per heavy atom. The van der Waals surface area contributed by atoms with E-state index in [0.29, 0.717) is 11.9 Å². The highest BCUT2D eigenvalue weighted by Crippen LogP contribution is 2.43. The lowest BCUT2D eigenvalue weighted by molar-refractivity contribution is -0.139. The van der Waals surface area contributed by atoms with Crippen molar-refractivity contribution in [1.82, 2.24) is 9.55 Å². The highest BCUT2D eigenvalue weighted by atomic mass is 19.1. The fourth-order valence-corrected chi connectivity index (χ4v) is 3.58. The third-order valence-electron chi connectivity index (χ3n) is 4.68. The van der Waals surface area contributed by atoms with Gasteiger partial charge < -0.3 is 9.67 Å². The van der Waals surface area contributed by atoms with Gasteiger partial charge in [-0.05, 0) is 30.4 Å². The number of hydrogen-bond donors (Lipinski definition) is 1. The van der Waals surface area contributed by atoms with Gasteiger partial charge in [-0.25, -0.2) is 9.37 Å². The molecule has 0 bridgehead atoms. The van der Waals surface area contributed by atoms with Gasteiger partial charge in [-0.15, -0.1) is 0 Å². The molecule has 1 aromatic heterocycles. The summed E-state index contributed by atoms with van der Waals surface area (Å²) < 4.78 is 15.7. The first-order valence-electron chi connectivity index (χ1n) is 7.32. The lowest BCUT2D eigenvalue weighted by atomic mass is 9.79. The van der Waals surface area contributed by atoms with Crippen molar-refractivity contribution in [2.75, 3.05) is 0 Å². The second-order valence-electron chi connectivity index (χ2n) is 6.15. The summed E-state index contributed by atoms with van der Waals surface area (Å²) in [6.07, 6.45) is 4.70. The number of rotatable bonds is 4. The van der Waals surface area contributed by atoms with Gasteiger partial charge in [0.1, 0.15) is 11.3 Å². The lowest BCUT2D eigenvalue weighted by Gasteiger charge is -2.26. The third kappa shape index (κ3) is 2.52. The van der Waals surface area contributed by atoms with Crippen LogP contribution < -0.4 is 0 Å². The van der Waals surface area contributed by atoms with E-state index in [1.54, 1.807) is 6.07 Å². The largest absolute Gasteiger partial charge is 0.481 e. The fourth-order valence-electron chi connectivity index (χ4n) is 3.58. The molecule has 0 aliphatic heterocycles. The summed E-state index contributed by atoms with van der Waals surface area (Å²) in [7, 11) is 1.87. The predicted octanol–water partition coefficient (Wildman–Crippen LogP) is 3.29. The minimum Gasteiger partial charge on any atom is -0.481 e. The molecule has 0 spiro atoms. The summed E-state index contributed by atoms with van der Waals surface area (Å²) in [5.74, 6) is -0.312. The molecule has 2 aromatic rings. The molecule has 1 aliphatic rings. The van der Waals surface area contributed by atoms with Gasteiger partial charge >= 0.3 is 5.97 Å². The number of aromatic nitrogens is 2. The number of benzene rings is 1. The van der Waals surface area contributed by atoms with E-state index in [-0.39, 0.29) is 17.7 Å². The minimum absolute atomic E-state index is 0.165. The Bertz CT molecular complexity index is 687. The number of carboxylic acid groups (broad SMARTS) is 1. The average molecular weight is 290 g/mol. The molecule has 1 aromatic carbocycles. The standard InChI is InChI=1S/C16H19FN2O2/c1-19-12-6-4-5-11(17)15(12)18-13(19)9-16(10-14(20)21)7-2-3-8-16/h4-6H,2-3,7-10H2,1H3,(H,20,21). The second kappa shape index (κ2) is 5.13. The average Bonchev–Trinajstić information content (AvgIpc) is 2.98. The van der Waals surface area contributed by atoms with Crippen molar-refractivity contribution in [2.45, 2.75) is 38.5 Å². The first kappa shape index (κ1) is 14.0. The van der Waals surface area contributed by atoms with E-state index in [0.717, 1.165) is 37.0 Å². The van der Waals surface area contributed by atoms with E-state index >= 15 is 0 Å². The molecule has 21 heavy (non-hydrogen) atoms. The smallest absolute Gasteiger partial charge is 0.303 e. The monoisotopic (exact) mass is 290 g/mol. The van der Waals surface area contributed by atoms with E-state index in [4.69, 9.17) is 0 Å².